The summed E-state index contributed by atoms with van der Waals surface area (Å²) in [6, 6.07) is 11.1. The molecule has 196 valence electrons. The number of aromatic nitrogens is 7. The highest BCUT2D eigenvalue weighted by molar-refractivity contribution is 5.70. The number of para-hydroxylation sites is 1. The van der Waals surface area contributed by atoms with E-state index in [1.807, 2.05) is 37.3 Å². The summed E-state index contributed by atoms with van der Waals surface area (Å²) in [6.07, 6.45) is 5.78. The lowest BCUT2D eigenvalue weighted by atomic mass is 9.87. The van der Waals surface area contributed by atoms with E-state index < -0.39 is 5.97 Å². The fourth-order valence-electron chi connectivity index (χ4n) is 4.36. The van der Waals surface area contributed by atoms with Crippen molar-refractivity contribution < 1.29 is 19.4 Å². The van der Waals surface area contributed by atoms with E-state index in [9.17, 15) is 9.90 Å². The molecule has 0 aliphatic heterocycles. The van der Waals surface area contributed by atoms with Crippen molar-refractivity contribution in [1.29, 1.82) is 0 Å². The summed E-state index contributed by atoms with van der Waals surface area (Å²) in [4.78, 5) is 29.2. The van der Waals surface area contributed by atoms with E-state index in [4.69, 9.17) is 9.47 Å². The molecule has 38 heavy (non-hydrogen) atoms. The zero-order valence-electron chi connectivity index (χ0n) is 21.1. The molecule has 1 saturated carbocycles. The van der Waals surface area contributed by atoms with Crippen LogP contribution in [0.2, 0.25) is 0 Å². The molecular weight excluding hydrogens is 488 g/mol. The Bertz CT molecular complexity index is 1410. The Hall–Kier alpha value is -4.61. The predicted molar refractivity (Wildman–Crippen MR) is 137 cm³/mol. The number of carboxylic acid groups (broad SMARTS) is 1. The molecule has 2 N–H and O–H groups in total. The fourth-order valence-corrected chi connectivity index (χ4v) is 4.36. The quantitative estimate of drug-likeness (QED) is 0.334. The van der Waals surface area contributed by atoms with E-state index >= 15 is 0 Å². The highest BCUT2D eigenvalue weighted by Gasteiger charge is 2.29. The van der Waals surface area contributed by atoms with Gasteiger partial charge in [0.05, 0.1) is 24.4 Å². The molecule has 0 saturated heterocycles. The number of aryl methyl sites for hydroxylation is 2. The van der Waals surface area contributed by atoms with Crippen LogP contribution in [0.1, 0.15) is 37.1 Å². The van der Waals surface area contributed by atoms with E-state index in [0.29, 0.717) is 59.9 Å². The molecule has 0 unspecified atom stereocenters. The van der Waals surface area contributed by atoms with Crippen molar-refractivity contribution in [3.8, 4) is 28.9 Å². The highest BCUT2D eigenvalue weighted by Crippen LogP contribution is 2.29. The smallest absolute Gasteiger partial charge is 0.306 e. The Balaban J connectivity index is 1.27. The maximum absolute atomic E-state index is 11.4. The van der Waals surface area contributed by atoms with Gasteiger partial charge in [-0.05, 0) is 44.7 Å². The number of hydrogen-bond acceptors (Lipinski definition) is 10. The average molecular weight is 517 g/mol. The molecule has 0 bridgehead atoms. The number of carboxylic acids is 1. The topological polar surface area (TPSA) is 150 Å². The minimum absolute atomic E-state index is 0.193. The standard InChI is InChI=1S/C26H28N8O4/c1-16-24(38-19-10-6-7-17(13-19)25(35)36)28-14-20(30-16)23-21(34(2)33-32-23)15-29-26-27-12-11-22(31-26)37-18-8-4-3-5-9-18/h3-5,8-9,11-12,14,17,19H,6-7,10,13,15H2,1-2H3,(H,35,36)(H,27,29,31)/t17-,19-/m0/s1. The Morgan fingerprint density at radius 3 is 2.79 bits per heavy atom. The third-order valence-corrected chi connectivity index (χ3v) is 6.35. The van der Waals surface area contributed by atoms with Gasteiger partial charge in [-0.25, -0.2) is 19.6 Å². The molecule has 12 heteroatoms. The van der Waals surface area contributed by atoms with Crippen LogP contribution < -0.4 is 14.8 Å². The van der Waals surface area contributed by atoms with Gasteiger partial charge in [0, 0.05) is 19.3 Å². The van der Waals surface area contributed by atoms with Gasteiger partial charge < -0.3 is 19.9 Å². The van der Waals surface area contributed by atoms with Crippen molar-refractivity contribution in [3.05, 3.63) is 60.2 Å². The zero-order valence-corrected chi connectivity index (χ0v) is 21.1. The van der Waals surface area contributed by atoms with Gasteiger partial charge in [0.25, 0.3) is 0 Å². The minimum Gasteiger partial charge on any atom is -0.481 e. The van der Waals surface area contributed by atoms with Crippen LogP contribution in [-0.2, 0) is 18.4 Å². The maximum Gasteiger partial charge on any atom is 0.306 e. The number of nitrogens with one attached hydrogen (secondary N) is 1. The highest BCUT2D eigenvalue weighted by atomic mass is 16.5. The molecule has 1 aliphatic carbocycles. The summed E-state index contributed by atoms with van der Waals surface area (Å²) in [5, 5.41) is 21.0. The Labute approximate surface area is 219 Å². The number of benzene rings is 1. The van der Waals surface area contributed by atoms with E-state index in [2.05, 4.69) is 35.6 Å². The molecule has 2 atom stereocenters. The van der Waals surface area contributed by atoms with Gasteiger partial charge in [0.1, 0.15) is 28.9 Å². The summed E-state index contributed by atoms with van der Waals surface area (Å²) in [6.45, 7) is 2.15. The summed E-state index contributed by atoms with van der Waals surface area (Å²) < 4.78 is 13.5. The molecule has 0 spiro atoms. The Morgan fingerprint density at radius 1 is 1.16 bits per heavy atom. The van der Waals surface area contributed by atoms with Gasteiger partial charge in [0.2, 0.25) is 17.7 Å². The van der Waals surface area contributed by atoms with E-state index in [1.165, 1.54) is 0 Å². The van der Waals surface area contributed by atoms with Crippen LogP contribution in [0.5, 0.6) is 17.5 Å². The van der Waals surface area contributed by atoms with Crippen LogP contribution in [0.4, 0.5) is 5.95 Å². The number of aliphatic carboxylic acids is 1. The van der Waals surface area contributed by atoms with Gasteiger partial charge in [-0.3, -0.25) is 4.79 Å². The van der Waals surface area contributed by atoms with Crippen molar-refractivity contribution in [1.82, 2.24) is 34.9 Å². The van der Waals surface area contributed by atoms with Crippen LogP contribution in [0.15, 0.2) is 48.8 Å². The van der Waals surface area contributed by atoms with Gasteiger partial charge >= 0.3 is 5.97 Å². The lowest BCUT2D eigenvalue weighted by molar-refractivity contribution is -0.143. The van der Waals surface area contributed by atoms with E-state index in [-0.39, 0.29) is 12.0 Å². The molecular formula is C26H28N8O4. The second-order valence-electron chi connectivity index (χ2n) is 9.08. The molecule has 1 fully saturated rings. The predicted octanol–water partition coefficient (Wildman–Crippen LogP) is 3.80. The summed E-state index contributed by atoms with van der Waals surface area (Å²) in [5.74, 6) is 0.732. The first kappa shape index (κ1) is 25.1. The summed E-state index contributed by atoms with van der Waals surface area (Å²) in [5.41, 5.74) is 2.48. The maximum atomic E-state index is 11.4. The SMILES string of the molecule is Cc1nc(-c2nnn(C)c2CNc2nccc(Oc3ccccc3)n2)cnc1O[C@H]1CCC[C@H](C(=O)O)C1. The monoisotopic (exact) mass is 516 g/mol. The number of nitrogens with zero attached hydrogens (tertiary/aromatic N) is 7. The van der Waals surface area contributed by atoms with Crippen molar-refractivity contribution in [2.45, 2.75) is 45.3 Å². The normalized spacial score (nSPS) is 17.1. The number of anilines is 1. The fraction of sp³-hybridized carbons (Fsp3) is 0.346. The van der Waals surface area contributed by atoms with E-state index in [1.54, 1.807) is 30.2 Å². The van der Waals surface area contributed by atoms with Crippen LogP contribution in [0, 0.1) is 12.8 Å². The third-order valence-electron chi connectivity index (χ3n) is 6.35. The van der Waals surface area contributed by atoms with Gasteiger partial charge in [0.15, 0.2) is 0 Å². The summed E-state index contributed by atoms with van der Waals surface area (Å²) >= 11 is 0. The first-order valence-corrected chi connectivity index (χ1v) is 12.4. The largest absolute Gasteiger partial charge is 0.481 e. The summed E-state index contributed by atoms with van der Waals surface area (Å²) in [7, 11) is 1.79. The number of carbonyl (C=O) groups is 1. The molecule has 0 radical (unpaired) electrons. The number of hydrogen-bond donors (Lipinski definition) is 2. The molecule has 3 aromatic heterocycles. The molecule has 12 nitrogen and oxygen atoms in total. The number of rotatable bonds is 9. The molecule has 3 heterocycles. The lowest BCUT2D eigenvalue weighted by Crippen LogP contribution is -2.30. The van der Waals surface area contributed by atoms with Crippen LogP contribution in [0.25, 0.3) is 11.4 Å². The second-order valence-corrected chi connectivity index (χ2v) is 9.08. The van der Waals surface area contributed by atoms with Crippen molar-refractivity contribution in [2.75, 3.05) is 5.32 Å². The second kappa shape index (κ2) is 11.2. The first-order chi connectivity index (χ1) is 18.5. The molecule has 0 amide bonds. The van der Waals surface area contributed by atoms with Crippen molar-refractivity contribution >= 4 is 11.9 Å². The molecule has 1 aromatic carbocycles. The molecule has 5 rings (SSSR count). The van der Waals surface area contributed by atoms with Crippen molar-refractivity contribution in [2.24, 2.45) is 13.0 Å². The lowest BCUT2D eigenvalue weighted by Gasteiger charge is -2.27. The van der Waals surface area contributed by atoms with Crippen LogP contribution in [-0.4, -0.2) is 52.1 Å². The van der Waals surface area contributed by atoms with Crippen molar-refractivity contribution in [3.63, 3.8) is 0 Å². The zero-order chi connectivity index (χ0) is 26.5. The molecule has 4 aromatic rings. The molecule has 1 aliphatic rings. The van der Waals surface area contributed by atoms with Gasteiger partial charge in [-0.15, -0.1) is 5.10 Å². The first-order valence-electron chi connectivity index (χ1n) is 12.4. The van der Waals surface area contributed by atoms with Crippen LogP contribution in [0.3, 0.4) is 0 Å². The number of ether oxygens (including phenoxy) is 2. The van der Waals surface area contributed by atoms with Gasteiger partial charge in [-0.1, -0.05) is 23.4 Å². The van der Waals surface area contributed by atoms with E-state index in [0.717, 1.165) is 18.5 Å². The Kier molecular flexibility index (Phi) is 7.38. The minimum atomic E-state index is -0.777. The average Bonchev–Trinajstić information content (AvgIpc) is 3.29. The van der Waals surface area contributed by atoms with Crippen LogP contribution >= 0.6 is 0 Å². The third kappa shape index (κ3) is 5.85. The van der Waals surface area contributed by atoms with Gasteiger partial charge in [-0.2, -0.15) is 4.98 Å². The Morgan fingerprint density at radius 2 is 2.00 bits per heavy atom.